The molecule has 0 atom stereocenters. The van der Waals surface area contributed by atoms with Gasteiger partial charge in [-0.25, -0.2) is 0 Å². The maximum absolute atomic E-state index is 3.80. The van der Waals surface area contributed by atoms with E-state index in [1.165, 1.54) is 10.8 Å². The Hall–Kier alpha value is 0.243. The average molecular weight is 274 g/mol. The summed E-state index contributed by atoms with van der Waals surface area (Å²) in [6, 6.07) is 10.7. The Morgan fingerprint density at radius 3 is 2.18 bits per heavy atom. The molecule has 0 spiro atoms. The molecule has 0 aromatic heterocycles. The zero-order valence-electron chi connectivity index (χ0n) is 6.97. The Morgan fingerprint density at radius 1 is 1.18 bits per heavy atom. The van der Waals surface area contributed by atoms with E-state index >= 15 is 0 Å². The molecule has 1 aromatic carbocycles. The van der Waals surface area contributed by atoms with Crippen molar-refractivity contribution in [3.05, 3.63) is 35.9 Å². The van der Waals surface area contributed by atoms with Crippen LogP contribution in [0.25, 0.3) is 0 Å². The van der Waals surface area contributed by atoms with E-state index in [1.54, 1.807) is 0 Å². The molecular formula is C9H13BrGe. The van der Waals surface area contributed by atoms with Gasteiger partial charge in [0.05, 0.1) is 0 Å². The minimum absolute atomic E-state index is 1.26. The predicted octanol–water partition coefficient (Wildman–Crippen LogP) is 3.37. The summed E-state index contributed by atoms with van der Waals surface area (Å²) < 4.78 is 0. The van der Waals surface area contributed by atoms with Gasteiger partial charge in [-0.2, -0.15) is 0 Å². The van der Waals surface area contributed by atoms with Crippen molar-refractivity contribution < 1.29 is 0 Å². The molecule has 0 radical (unpaired) electrons. The summed E-state index contributed by atoms with van der Waals surface area (Å²) in [7, 11) is 0. The van der Waals surface area contributed by atoms with E-state index in [1.807, 2.05) is 0 Å². The van der Waals surface area contributed by atoms with Crippen LogP contribution in [0.1, 0.15) is 5.56 Å². The topological polar surface area (TPSA) is 0 Å². The molecule has 1 aromatic rings. The fourth-order valence-corrected chi connectivity index (χ4v) is 5.29. The Balaban J connectivity index is 2.66. The van der Waals surface area contributed by atoms with E-state index in [2.05, 4.69) is 55.8 Å². The van der Waals surface area contributed by atoms with E-state index in [0.29, 0.717) is 0 Å². The van der Waals surface area contributed by atoms with E-state index in [-0.39, 0.29) is 0 Å². The molecule has 11 heavy (non-hydrogen) atoms. The Labute approximate surface area is 78.0 Å². The third-order valence-electron chi connectivity index (χ3n) is 1.47. The maximum atomic E-state index is 3.80. The van der Waals surface area contributed by atoms with Gasteiger partial charge < -0.3 is 0 Å². The molecule has 0 aliphatic rings. The average Bonchev–Trinajstić information content (AvgIpc) is 1.85. The molecule has 0 aliphatic carbocycles. The van der Waals surface area contributed by atoms with Gasteiger partial charge in [-0.15, -0.1) is 0 Å². The first-order chi connectivity index (χ1) is 5.08. The SMILES string of the molecule is [CH3][Ge]([CH3])([Br])[CH2]c1ccccc1. The van der Waals surface area contributed by atoms with Crippen molar-refractivity contribution in [3.63, 3.8) is 0 Å². The number of hydrogen-bond acceptors (Lipinski definition) is 0. The first-order valence-corrected chi connectivity index (χ1v) is 14.4. The van der Waals surface area contributed by atoms with E-state index in [9.17, 15) is 0 Å². The summed E-state index contributed by atoms with van der Waals surface area (Å²) in [5, 5.41) is 1.26. The fraction of sp³-hybridized carbons (Fsp3) is 0.333. The fourth-order valence-electron chi connectivity index (χ4n) is 1.08. The van der Waals surface area contributed by atoms with E-state index in [4.69, 9.17) is 0 Å². The monoisotopic (exact) mass is 274 g/mol. The molecule has 0 heterocycles. The molecule has 0 nitrogen and oxygen atoms in total. The second-order valence-corrected chi connectivity index (χ2v) is 22.5. The normalized spacial score (nSPS) is 11.5. The second-order valence-electron chi connectivity index (χ2n) is 3.38. The molecular weight excluding hydrogens is 261 g/mol. The summed E-state index contributed by atoms with van der Waals surface area (Å²) >= 11 is 2.26. The summed E-state index contributed by atoms with van der Waals surface area (Å²) in [5.41, 5.74) is 1.47. The molecule has 0 saturated carbocycles. The van der Waals surface area contributed by atoms with Crippen LogP contribution in [-0.2, 0) is 5.25 Å². The standard InChI is InChI=1S/C9H13BrGe/c1-11(2,10)8-9-6-4-3-5-7-9/h3-7H,8H2,1-2H3. The molecule has 0 bridgehead atoms. The Bertz CT molecular complexity index is 213. The van der Waals surface area contributed by atoms with Crippen LogP contribution in [-0.4, -0.2) is 11.4 Å². The summed E-state index contributed by atoms with van der Waals surface area (Å²) in [6.45, 7) is 0. The molecule has 0 unspecified atom stereocenters. The molecule has 2 heteroatoms. The first-order valence-electron chi connectivity index (χ1n) is 3.81. The van der Waals surface area contributed by atoms with Crippen molar-refractivity contribution in [1.29, 1.82) is 0 Å². The number of hydrogen-bond donors (Lipinski definition) is 0. The van der Waals surface area contributed by atoms with Crippen molar-refractivity contribution in [1.82, 2.24) is 0 Å². The summed E-state index contributed by atoms with van der Waals surface area (Å²) in [4.78, 5) is 0. The first kappa shape index (κ1) is 9.33. The zero-order chi connectivity index (χ0) is 8.32. The molecule has 0 N–H and O–H groups in total. The van der Waals surface area contributed by atoms with Crippen molar-refractivity contribution in [3.8, 4) is 0 Å². The van der Waals surface area contributed by atoms with Crippen LogP contribution in [0, 0.1) is 0 Å². The van der Waals surface area contributed by atoms with Gasteiger partial charge in [-0.3, -0.25) is 0 Å². The van der Waals surface area contributed by atoms with Gasteiger partial charge in [0, 0.05) is 0 Å². The molecule has 0 amide bonds. The molecule has 1 rings (SSSR count). The molecule has 0 fully saturated rings. The molecule has 0 saturated heterocycles. The van der Waals surface area contributed by atoms with Gasteiger partial charge in [0.25, 0.3) is 0 Å². The molecule has 0 aliphatic heterocycles. The van der Waals surface area contributed by atoms with E-state index in [0.717, 1.165) is 0 Å². The molecule has 60 valence electrons. The Morgan fingerprint density at radius 2 is 1.73 bits per heavy atom. The summed E-state index contributed by atoms with van der Waals surface area (Å²) in [5.74, 6) is 4.74. The van der Waals surface area contributed by atoms with Crippen molar-refractivity contribution in [2.75, 3.05) is 0 Å². The van der Waals surface area contributed by atoms with Crippen molar-refractivity contribution in [2.45, 2.75) is 16.8 Å². The third-order valence-corrected chi connectivity index (χ3v) is 5.54. The van der Waals surface area contributed by atoms with Crippen LogP contribution in [0.4, 0.5) is 0 Å². The summed E-state index contributed by atoms with van der Waals surface area (Å²) in [6.07, 6.45) is 0. The number of halogens is 1. The van der Waals surface area contributed by atoms with Crippen molar-refractivity contribution in [2.24, 2.45) is 0 Å². The van der Waals surface area contributed by atoms with Crippen LogP contribution in [0.2, 0.25) is 11.5 Å². The van der Waals surface area contributed by atoms with Gasteiger partial charge in [0.15, 0.2) is 0 Å². The van der Waals surface area contributed by atoms with Gasteiger partial charge >= 0.3 is 78.1 Å². The van der Waals surface area contributed by atoms with Crippen LogP contribution < -0.4 is 0 Å². The third kappa shape index (κ3) is 3.97. The zero-order valence-corrected chi connectivity index (χ0v) is 10.7. The van der Waals surface area contributed by atoms with Gasteiger partial charge in [-0.1, -0.05) is 0 Å². The van der Waals surface area contributed by atoms with Crippen LogP contribution in [0.3, 0.4) is 0 Å². The number of benzene rings is 1. The van der Waals surface area contributed by atoms with Gasteiger partial charge in [0.1, 0.15) is 0 Å². The van der Waals surface area contributed by atoms with Crippen LogP contribution in [0.15, 0.2) is 30.3 Å². The van der Waals surface area contributed by atoms with Gasteiger partial charge in [-0.05, 0) is 0 Å². The van der Waals surface area contributed by atoms with Crippen LogP contribution >= 0.6 is 14.0 Å². The van der Waals surface area contributed by atoms with Gasteiger partial charge in [0.2, 0.25) is 0 Å². The Kier molecular flexibility index (Phi) is 3.20. The second kappa shape index (κ2) is 3.77. The minimum atomic E-state index is -1.54. The van der Waals surface area contributed by atoms with Crippen molar-refractivity contribution >= 4 is 25.4 Å². The van der Waals surface area contributed by atoms with E-state index < -0.39 is 11.4 Å². The predicted molar refractivity (Wildman–Crippen MR) is 56.6 cm³/mol. The van der Waals surface area contributed by atoms with Crippen LogP contribution in [0.5, 0.6) is 0 Å². The number of rotatable bonds is 2. The quantitative estimate of drug-likeness (QED) is 0.725.